The van der Waals surface area contributed by atoms with Crippen molar-refractivity contribution in [3.05, 3.63) is 58.7 Å². The number of hydrazone groups is 1. The number of hydrogen-bond acceptors (Lipinski definition) is 3. The van der Waals surface area contributed by atoms with Crippen LogP contribution in [0.2, 0.25) is 0 Å². The average Bonchev–Trinajstić information content (AvgIpc) is 2.98. The van der Waals surface area contributed by atoms with Crippen molar-refractivity contribution in [2.45, 2.75) is 20.8 Å². The maximum Gasteiger partial charge on any atom is 0.274 e. The molecule has 0 aliphatic carbocycles. The molecular formula is C17H17N3O2. The highest BCUT2D eigenvalue weighted by Gasteiger charge is 2.12. The Bertz CT molecular complexity index is 871. The van der Waals surface area contributed by atoms with Crippen LogP contribution in [0.4, 0.5) is 0 Å². The van der Waals surface area contributed by atoms with E-state index in [1.807, 2.05) is 38.1 Å². The maximum absolute atomic E-state index is 12.1. The van der Waals surface area contributed by atoms with Crippen molar-refractivity contribution in [3.63, 3.8) is 0 Å². The van der Waals surface area contributed by atoms with Crippen molar-refractivity contribution in [1.82, 2.24) is 10.4 Å². The molecule has 2 heterocycles. The van der Waals surface area contributed by atoms with Gasteiger partial charge in [0.2, 0.25) is 0 Å². The standard InChI is InChI=1S/C17H17N3O2/c1-10-8-14(12(3)22-10)17(21)20-18-9-15-11(2)19-16-7-5-4-6-13(15)16/h4-9,19H,1-3H3,(H,20,21). The van der Waals surface area contributed by atoms with E-state index in [0.717, 1.165) is 22.2 Å². The van der Waals surface area contributed by atoms with Gasteiger partial charge in [-0.2, -0.15) is 5.10 Å². The Hall–Kier alpha value is -2.82. The van der Waals surface area contributed by atoms with Gasteiger partial charge in [-0.25, -0.2) is 5.43 Å². The number of carbonyl (C=O) groups excluding carboxylic acids is 1. The molecule has 0 unspecified atom stereocenters. The van der Waals surface area contributed by atoms with E-state index in [0.29, 0.717) is 17.1 Å². The molecule has 1 aromatic carbocycles. The van der Waals surface area contributed by atoms with Crippen LogP contribution >= 0.6 is 0 Å². The summed E-state index contributed by atoms with van der Waals surface area (Å²) in [6.07, 6.45) is 1.66. The second-order valence-electron chi connectivity index (χ2n) is 5.24. The third-order valence-electron chi connectivity index (χ3n) is 3.59. The fraction of sp³-hybridized carbons (Fsp3) is 0.176. The minimum atomic E-state index is -0.275. The SMILES string of the molecule is Cc1cc(C(=O)NN=Cc2c(C)[nH]c3ccccc23)c(C)o1. The third kappa shape index (κ3) is 2.53. The van der Waals surface area contributed by atoms with E-state index in [9.17, 15) is 4.79 Å². The number of nitrogens with one attached hydrogen (secondary N) is 2. The lowest BCUT2D eigenvalue weighted by Gasteiger charge is -1.97. The number of furan rings is 1. The molecule has 0 radical (unpaired) electrons. The van der Waals surface area contributed by atoms with Gasteiger partial charge in [-0.15, -0.1) is 0 Å². The number of carbonyl (C=O) groups is 1. The predicted molar refractivity (Wildman–Crippen MR) is 86.3 cm³/mol. The molecule has 5 nitrogen and oxygen atoms in total. The zero-order valence-electron chi connectivity index (χ0n) is 12.7. The number of rotatable bonds is 3. The van der Waals surface area contributed by atoms with Crippen LogP contribution in [0.3, 0.4) is 0 Å². The summed E-state index contributed by atoms with van der Waals surface area (Å²) in [6, 6.07) is 9.69. The van der Waals surface area contributed by atoms with Gasteiger partial charge in [0.1, 0.15) is 11.5 Å². The first-order chi connectivity index (χ1) is 10.6. The van der Waals surface area contributed by atoms with Crippen molar-refractivity contribution in [2.75, 3.05) is 0 Å². The second-order valence-corrected chi connectivity index (χ2v) is 5.24. The van der Waals surface area contributed by atoms with Gasteiger partial charge in [0, 0.05) is 22.2 Å². The summed E-state index contributed by atoms with van der Waals surface area (Å²) in [5.74, 6) is 1.02. The van der Waals surface area contributed by atoms with Crippen molar-refractivity contribution in [3.8, 4) is 0 Å². The fourth-order valence-electron chi connectivity index (χ4n) is 2.54. The van der Waals surface area contributed by atoms with Crippen LogP contribution in [-0.4, -0.2) is 17.1 Å². The van der Waals surface area contributed by atoms with Gasteiger partial charge < -0.3 is 9.40 Å². The molecule has 22 heavy (non-hydrogen) atoms. The van der Waals surface area contributed by atoms with E-state index in [4.69, 9.17) is 4.42 Å². The van der Waals surface area contributed by atoms with E-state index in [1.165, 1.54) is 0 Å². The van der Waals surface area contributed by atoms with Crippen molar-refractivity contribution in [2.24, 2.45) is 5.10 Å². The quantitative estimate of drug-likeness (QED) is 0.574. The number of aromatic nitrogens is 1. The summed E-state index contributed by atoms with van der Waals surface area (Å²) >= 11 is 0. The molecule has 1 amide bonds. The molecule has 2 N–H and O–H groups in total. The van der Waals surface area contributed by atoms with E-state index in [2.05, 4.69) is 15.5 Å². The van der Waals surface area contributed by atoms with E-state index >= 15 is 0 Å². The van der Waals surface area contributed by atoms with Gasteiger partial charge in [-0.1, -0.05) is 18.2 Å². The number of amides is 1. The first-order valence-corrected chi connectivity index (χ1v) is 7.04. The number of nitrogens with zero attached hydrogens (tertiary/aromatic N) is 1. The van der Waals surface area contributed by atoms with Crippen LogP contribution in [0.5, 0.6) is 0 Å². The van der Waals surface area contributed by atoms with Gasteiger partial charge in [0.05, 0.1) is 11.8 Å². The Balaban J connectivity index is 1.81. The van der Waals surface area contributed by atoms with Crippen molar-refractivity contribution in [1.29, 1.82) is 0 Å². The Morgan fingerprint density at radius 1 is 1.27 bits per heavy atom. The van der Waals surface area contributed by atoms with Gasteiger partial charge in [0.25, 0.3) is 5.91 Å². The number of H-pyrrole nitrogens is 1. The summed E-state index contributed by atoms with van der Waals surface area (Å²) in [5.41, 5.74) is 6.07. The first kappa shape index (κ1) is 14.1. The van der Waals surface area contributed by atoms with E-state index < -0.39 is 0 Å². The molecule has 0 bridgehead atoms. The highest BCUT2D eigenvalue weighted by molar-refractivity contribution is 6.01. The largest absolute Gasteiger partial charge is 0.466 e. The van der Waals surface area contributed by atoms with Crippen LogP contribution in [0, 0.1) is 20.8 Å². The summed E-state index contributed by atoms with van der Waals surface area (Å²) < 4.78 is 5.35. The molecule has 0 aliphatic rings. The van der Waals surface area contributed by atoms with Gasteiger partial charge in [-0.05, 0) is 32.9 Å². The molecule has 5 heteroatoms. The predicted octanol–water partition coefficient (Wildman–Crippen LogP) is 3.45. The summed E-state index contributed by atoms with van der Waals surface area (Å²) in [7, 11) is 0. The number of aromatic amines is 1. The van der Waals surface area contributed by atoms with Gasteiger partial charge in [-0.3, -0.25) is 4.79 Å². The normalized spacial score (nSPS) is 11.4. The maximum atomic E-state index is 12.1. The summed E-state index contributed by atoms with van der Waals surface area (Å²) in [4.78, 5) is 15.4. The van der Waals surface area contributed by atoms with E-state index in [1.54, 1.807) is 19.2 Å². The van der Waals surface area contributed by atoms with E-state index in [-0.39, 0.29) is 5.91 Å². The molecule has 3 rings (SSSR count). The Morgan fingerprint density at radius 3 is 2.77 bits per heavy atom. The zero-order chi connectivity index (χ0) is 15.7. The lowest BCUT2D eigenvalue weighted by molar-refractivity contribution is 0.0953. The number of hydrogen-bond donors (Lipinski definition) is 2. The first-order valence-electron chi connectivity index (χ1n) is 7.04. The fourth-order valence-corrected chi connectivity index (χ4v) is 2.54. The Morgan fingerprint density at radius 2 is 2.05 bits per heavy atom. The molecule has 112 valence electrons. The Labute approximate surface area is 128 Å². The third-order valence-corrected chi connectivity index (χ3v) is 3.59. The molecular weight excluding hydrogens is 278 g/mol. The number of benzene rings is 1. The molecule has 0 aliphatic heterocycles. The topological polar surface area (TPSA) is 70.4 Å². The van der Waals surface area contributed by atoms with Crippen LogP contribution in [0.1, 0.15) is 33.1 Å². The smallest absolute Gasteiger partial charge is 0.274 e. The highest BCUT2D eigenvalue weighted by Crippen LogP contribution is 2.20. The minimum Gasteiger partial charge on any atom is -0.466 e. The highest BCUT2D eigenvalue weighted by atomic mass is 16.3. The summed E-state index contributed by atoms with van der Waals surface area (Å²) in [6.45, 7) is 5.55. The minimum absolute atomic E-state index is 0.275. The van der Waals surface area contributed by atoms with Gasteiger partial charge in [0.15, 0.2) is 0 Å². The Kier molecular flexibility index (Phi) is 3.55. The lowest BCUT2D eigenvalue weighted by Crippen LogP contribution is -2.17. The van der Waals surface area contributed by atoms with Crippen LogP contribution in [-0.2, 0) is 0 Å². The average molecular weight is 295 g/mol. The van der Waals surface area contributed by atoms with Crippen molar-refractivity contribution >= 4 is 23.0 Å². The monoisotopic (exact) mass is 295 g/mol. The molecule has 0 atom stereocenters. The lowest BCUT2D eigenvalue weighted by atomic mass is 10.1. The number of fused-ring (bicyclic) bond motifs is 1. The van der Waals surface area contributed by atoms with Crippen LogP contribution < -0.4 is 5.43 Å². The molecule has 0 saturated heterocycles. The molecule has 3 aromatic rings. The molecule has 0 fully saturated rings. The molecule has 0 saturated carbocycles. The van der Waals surface area contributed by atoms with Crippen molar-refractivity contribution < 1.29 is 9.21 Å². The summed E-state index contributed by atoms with van der Waals surface area (Å²) in [5, 5.41) is 5.14. The number of para-hydroxylation sites is 1. The van der Waals surface area contributed by atoms with Crippen LogP contribution in [0.15, 0.2) is 39.9 Å². The molecule has 2 aromatic heterocycles. The second kappa shape index (κ2) is 5.52. The van der Waals surface area contributed by atoms with Gasteiger partial charge >= 0.3 is 0 Å². The molecule has 0 spiro atoms. The van der Waals surface area contributed by atoms with Crippen LogP contribution in [0.25, 0.3) is 10.9 Å². The number of aryl methyl sites for hydroxylation is 3. The zero-order valence-corrected chi connectivity index (χ0v) is 12.7.